The van der Waals surface area contributed by atoms with Gasteiger partial charge >= 0.3 is 0 Å². The van der Waals surface area contributed by atoms with Gasteiger partial charge in [0.1, 0.15) is 0 Å². The fraction of sp³-hybridized carbons (Fsp3) is 1.00. The van der Waals surface area contributed by atoms with E-state index in [2.05, 4.69) is 24.1 Å². The van der Waals surface area contributed by atoms with Crippen LogP contribution in [0.3, 0.4) is 0 Å². The molecule has 0 radical (unpaired) electrons. The van der Waals surface area contributed by atoms with Gasteiger partial charge in [0.2, 0.25) is 0 Å². The van der Waals surface area contributed by atoms with Crippen LogP contribution in [0.4, 0.5) is 0 Å². The molecule has 0 aromatic heterocycles. The minimum Gasteiger partial charge on any atom is -0.330 e. The molecule has 0 saturated heterocycles. The Morgan fingerprint density at radius 1 is 0.737 bits per heavy atom. The van der Waals surface area contributed by atoms with Gasteiger partial charge in [-0.3, -0.25) is 0 Å². The second kappa shape index (κ2) is 15.9. The van der Waals surface area contributed by atoms with Crippen molar-refractivity contribution < 1.29 is 0 Å². The zero-order valence-electron chi connectivity index (χ0n) is 13.4. The van der Waals surface area contributed by atoms with Crippen LogP contribution in [0.15, 0.2) is 0 Å². The van der Waals surface area contributed by atoms with E-state index in [1.54, 1.807) is 0 Å². The molecule has 3 N–H and O–H groups in total. The highest BCUT2D eigenvalue weighted by Gasteiger charge is 2.01. The average molecular weight is 271 g/mol. The zero-order chi connectivity index (χ0) is 14.2. The van der Waals surface area contributed by atoms with E-state index in [9.17, 15) is 0 Å². The number of unbranched alkanes of at least 4 members (excludes halogenated alkanes) is 4. The van der Waals surface area contributed by atoms with Crippen LogP contribution < -0.4 is 11.1 Å². The number of hydrogen-bond donors (Lipinski definition) is 2. The monoisotopic (exact) mass is 271 g/mol. The second-order valence-electron chi connectivity index (χ2n) is 5.50. The van der Waals surface area contributed by atoms with Crippen molar-refractivity contribution >= 4 is 0 Å². The molecule has 0 bridgehead atoms. The van der Waals surface area contributed by atoms with Crippen molar-refractivity contribution in [1.82, 2.24) is 10.2 Å². The highest BCUT2D eigenvalue weighted by Crippen LogP contribution is 2.01. The SMILES string of the molecule is CCCN(CCC)CCCCCNCCCCCN. The molecule has 0 aliphatic heterocycles. The van der Waals surface area contributed by atoms with E-state index in [1.165, 1.54) is 77.5 Å². The van der Waals surface area contributed by atoms with E-state index in [0.717, 1.165) is 13.1 Å². The number of nitrogens with two attached hydrogens (primary N) is 1. The third kappa shape index (κ3) is 14.1. The van der Waals surface area contributed by atoms with E-state index in [1.807, 2.05) is 0 Å². The minimum absolute atomic E-state index is 0.839. The second-order valence-corrected chi connectivity index (χ2v) is 5.50. The van der Waals surface area contributed by atoms with Crippen LogP contribution in [-0.2, 0) is 0 Å². The lowest BCUT2D eigenvalue weighted by Gasteiger charge is -2.20. The van der Waals surface area contributed by atoms with Gasteiger partial charge in [0, 0.05) is 0 Å². The van der Waals surface area contributed by atoms with E-state index >= 15 is 0 Å². The summed E-state index contributed by atoms with van der Waals surface area (Å²) in [5.74, 6) is 0. The van der Waals surface area contributed by atoms with Gasteiger partial charge in [-0.05, 0) is 77.8 Å². The smallest absolute Gasteiger partial charge is 0.00187 e. The predicted octanol–water partition coefficient (Wildman–Crippen LogP) is 3.00. The minimum atomic E-state index is 0.839. The first-order valence-electron chi connectivity index (χ1n) is 8.48. The summed E-state index contributed by atoms with van der Waals surface area (Å²) < 4.78 is 0. The van der Waals surface area contributed by atoms with Gasteiger partial charge in [-0.1, -0.05) is 26.7 Å². The van der Waals surface area contributed by atoms with E-state index in [0.29, 0.717) is 0 Å². The fourth-order valence-electron chi connectivity index (χ4n) is 2.43. The summed E-state index contributed by atoms with van der Waals surface area (Å²) in [6, 6.07) is 0. The van der Waals surface area contributed by atoms with Gasteiger partial charge in [-0.25, -0.2) is 0 Å². The van der Waals surface area contributed by atoms with Crippen LogP contribution in [0, 0.1) is 0 Å². The maximum absolute atomic E-state index is 5.47. The first kappa shape index (κ1) is 18.9. The Kier molecular flexibility index (Phi) is 15.8. The normalized spacial score (nSPS) is 11.4. The van der Waals surface area contributed by atoms with Crippen molar-refractivity contribution in [3.05, 3.63) is 0 Å². The molecule has 0 saturated carbocycles. The lowest BCUT2D eigenvalue weighted by atomic mass is 10.2. The number of hydrogen-bond acceptors (Lipinski definition) is 3. The molecule has 3 nitrogen and oxygen atoms in total. The molecule has 0 rings (SSSR count). The maximum Gasteiger partial charge on any atom is -0.00187 e. The third-order valence-electron chi connectivity index (χ3n) is 3.47. The zero-order valence-corrected chi connectivity index (χ0v) is 13.4. The van der Waals surface area contributed by atoms with Crippen LogP contribution in [0.1, 0.15) is 65.2 Å². The van der Waals surface area contributed by atoms with Gasteiger partial charge in [0.05, 0.1) is 0 Å². The molecular weight excluding hydrogens is 234 g/mol. The Morgan fingerprint density at radius 2 is 1.32 bits per heavy atom. The quantitative estimate of drug-likeness (QED) is 0.450. The summed E-state index contributed by atoms with van der Waals surface area (Å²) in [5.41, 5.74) is 5.47. The lowest BCUT2D eigenvalue weighted by Crippen LogP contribution is -2.26. The summed E-state index contributed by atoms with van der Waals surface area (Å²) in [6.07, 6.45) is 10.3. The number of nitrogens with one attached hydrogen (secondary N) is 1. The van der Waals surface area contributed by atoms with Gasteiger partial charge in [0.25, 0.3) is 0 Å². The molecule has 0 fully saturated rings. The molecule has 19 heavy (non-hydrogen) atoms. The summed E-state index contributed by atoms with van der Waals surface area (Å²) >= 11 is 0. The molecule has 0 heterocycles. The Labute approximate surface area is 121 Å². The lowest BCUT2D eigenvalue weighted by molar-refractivity contribution is 0.268. The first-order chi connectivity index (χ1) is 9.35. The van der Waals surface area contributed by atoms with Crippen molar-refractivity contribution in [2.45, 2.75) is 65.2 Å². The van der Waals surface area contributed by atoms with Gasteiger partial charge < -0.3 is 16.0 Å². The summed E-state index contributed by atoms with van der Waals surface area (Å²) in [5, 5.41) is 3.53. The van der Waals surface area contributed by atoms with Crippen LogP contribution in [-0.4, -0.2) is 44.2 Å². The summed E-state index contributed by atoms with van der Waals surface area (Å²) in [7, 11) is 0. The van der Waals surface area contributed by atoms with E-state index in [4.69, 9.17) is 5.73 Å². The first-order valence-corrected chi connectivity index (χ1v) is 8.48. The summed E-state index contributed by atoms with van der Waals surface area (Å²) in [4.78, 5) is 2.61. The number of nitrogens with zero attached hydrogens (tertiary/aromatic N) is 1. The highest BCUT2D eigenvalue weighted by atomic mass is 15.1. The van der Waals surface area contributed by atoms with Crippen molar-refractivity contribution in [3.63, 3.8) is 0 Å². The van der Waals surface area contributed by atoms with E-state index < -0.39 is 0 Å². The third-order valence-corrected chi connectivity index (χ3v) is 3.47. The largest absolute Gasteiger partial charge is 0.330 e. The predicted molar refractivity (Wildman–Crippen MR) is 86.6 cm³/mol. The molecule has 0 unspecified atom stereocenters. The van der Waals surface area contributed by atoms with Crippen LogP contribution in [0.25, 0.3) is 0 Å². The molecule has 116 valence electrons. The molecule has 0 amide bonds. The highest BCUT2D eigenvalue weighted by molar-refractivity contribution is 4.57. The van der Waals surface area contributed by atoms with Gasteiger partial charge in [-0.15, -0.1) is 0 Å². The molecule has 0 spiro atoms. The molecular formula is C16H37N3. The van der Waals surface area contributed by atoms with Crippen molar-refractivity contribution in [3.8, 4) is 0 Å². The Hall–Kier alpha value is -0.120. The van der Waals surface area contributed by atoms with Gasteiger partial charge in [0.15, 0.2) is 0 Å². The molecule has 0 aliphatic carbocycles. The number of rotatable bonds is 15. The van der Waals surface area contributed by atoms with Crippen molar-refractivity contribution in [1.29, 1.82) is 0 Å². The van der Waals surface area contributed by atoms with Gasteiger partial charge in [-0.2, -0.15) is 0 Å². The topological polar surface area (TPSA) is 41.3 Å². The maximum atomic E-state index is 5.47. The Bertz CT molecular complexity index is 156. The summed E-state index contributed by atoms with van der Waals surface area (Å²) in [6.45, 7) is 11.6. The Morgan fingerprint density at radius 3 is 1.84 bits per heavy atom. The van der Waals surface area contributed by atoms with E-state index in [-0.39, 0.29) is 0 Å². The molecule has 0 aromatic carbocycles. The van der Waals surface area contributed by atoms with Crippen LogP contribution in [0.2, 0.25) is 0 Å². The van der Waals surface area contributed by atoms with Crippen molar-refractivity contribution in [2.24, 2.45) is 5.73 Å². The average Bonchev–Trinajstić information content (AvgIpc) is 2.41. The standard InChI is InChI=1S/C16H37N3/c1-3-14-19(15-4-2)16-10-6-9-13-18-12-8-5-7-11-17/h18H,3-17H2,1-2H3. The molecule has 0 aliphatic rings. The van der Waals surface area contributed by atoms with Crippen LogP contribution >= 0.6 is 0 Å². The Balaban J connectivity index is 3.20. The fourth-order valence-corrected chi connectivity index (χ4v) is 2.43. The molecule has 3 heteroatoms. The van der Waals surface area contributed by atoms with Crippen LogP contribution in [0.5, 0.6) is 0 Å². The molecule has 0 aromatic rings. The van der Waals surface area contributed by atoms with Crippen molar-refractivity contribution in [2.75, 3.05) is 39.3 Å². The molecule has 0 atom stereocenters.